The zero-order valence-corrected chi connectivity index (χ0v) is 14.5. The Hall–Kier alpha value is -2.31. The molecule has 1 aromatic carbocycles. The van der Waals surface area contributed by atoms with Crippen LogP contribution in [0.15, 0.2) is 30.5 Å². The van der Waals surface area contributed by atoms with E-state index in [-0.39, 0.29) is 22.3 Å². The first-order valence-corrected chi connectivity index (χ1v) is 7.72. The van der Waals surface area contributed by atoms with Gasteiger partial charge in [-0.3, -0.25) is 20.4 Å². The quantitative estimate of drug-likeness (QED) is 0.643. The van der Waals surface area contributed by atoms with Gasteiger partial charge in [0.2, 0.25) is 0 Å². The number of carbonyl (C=O) groups excluding carboxylic acids is 2. The maximum Gasteiger partial charge on any atom is 0.276 e. The third-order valence-corrected chi connectivity index (χ3v) is 3.76. The minimum atomic E-state index is -0.568. The molecule has 0 fully saturated rings. The van der Waals surface area contributed by atoms with Crippen molar-refractivity contribution in [2.24, 2.45) is 0 Å². The summed E-state index contributed by atoms with van der Waals surface area (Å²) < 4.78 is 5.44. The van der Waals surface area contributed by atoms with Gasteiger partial charge in [0.1, 0.15) is 10.9 Å². The largest absolute Gasteiger partial charge is 0.483 e. The highest BCUT2D eigenvalue weighted by molar-refractivity contribution is 6.41. The van der Waals surface area contributed by atoms with E-state index in [0.717, 1.165) is 11.1 Å². The molecule has 2 N–H and O–H groups in total. The van der Waals surface area contributed by atoms with Crippen LogP contribution >= 0.6 is 23.2 Å². The van der Waals surface area contributed by atoms with Gasteiger partial charge in [-0.2, -0.15) is 0 Å². The molecule has 0 spiro atoms. The van der Waals surface area contributed by atoms with Crippen molar-refractivity contribution >= 4 is 35.0 Å². The molecule has 0 saturated heterocycles. The fourth-order valence-electron chi connectivity index (χ4n) is 1.79. The first-order valence-electron chi connectivity index (χ1n) is 6.97. The minimum Gasteiger partial charge on any atom is -0.483 e. The molecule has 6 nitrogen and oxygen atoms in total. The monoisotopic (exact) mass is 367 g/mol. The highest BCUT2D eigenvalue weighted by Gasteiger charge is 2.11. The number of hydrogen-bond donors (Lipinski definition) is 2. The SMILES string of the molecule is Cc1ccc(C)c(OCC(=O)NNC(=O)c2cnc(Cl)c(Cl)c2)c1. The Morgan fingerprint density at radius 3 is 2.62 bits per heavy atom. The Kier molecular flexibility index (Phi) is 6.00. The van der Waals surface area contributed by atoms with Crippen LogP contribution < -0.4 is 15.6 Å². The van der Waals surface area contributed by atoms with Gasteiger partial charge in [-0.25, -0.2) is 4.98 Å². The molecule has 1 heterocycles. The molecule has 0 bridgehead atoms. The second kappa shape index (κ2) is 7.99. The third-order valence-electron chi connectivity index (χ3n) is 3.08. The van der Waals surface area contributed by atoms with Crippen molar-refractivity contribution in [1.29, 1.82) is 0 Å². The number of amides is 2. The topological polar surface area (TPSA) is 80.3 Å². The second-order valence-corrected chi connectivity index (χ2v) is 5.82. The van der Waals surface area contributed by atoms with Crippen LogP contribution in [0.25, 0.3) is 0 Å². The Bertz CT molecular complexity index is 781. The van der Waals surface area contributed by atoms with Crippen LogP contribution in [0.1, 0.15) is 21.5 Å². The van der Waals surface area contributed by atoms with E-state index >= 15 is 0 Å². The lowest BCUT2D eigenvalue weighted by atomic mass is 10.1. The standard InChI is InChI=1S/C16H15Cl2N3O3/c1-9-3-4-10(2)13(5-9)24-8-14(22)20-21-16(23)11-6-12(17)15(18)19-7-11/h3-7H,8H2,1-2H3,(H,20,22)(H,21,23). The molecule has 0 aliphatic carbocycles. The van der Waals surface area contributed by atoms with Crippen molar-refractivity contribution in [3.63, 3.8) is 0 Å². The fourth-order valence-corrected chi connectivity index (χ4v) is 2.06. The summed E-state index contributed by atoms with van der Waals surface area (Å²) in [5.74, 6) is -0.455. The van der Waals surface area contributed by atoms with Crippen molar-refractivity contribution in [2.45, 2.75) is 13.8 Å². The van der Waals surface area contributed by atoms with Gasteiger partial charge in [-0.05, 0) is 37.1 Å². The van der Waals surface area contributed by atoms with Gasteiger partial charge in [0.05, 0.1) is 10.6 Å². The summed E-state index contributed by atoms with van der Waals surface area (Å²) in [6, 6.07) is 7.04. The highest BCUT2D eigenvalue weighted by atomic mass is 35.5. The first-order chi connectivity index (χ1) is 11.4. The van der Waals surface area contributed by atoms with E-state index in [1.54, 1.807) is 0 Å². The number of nitrogens with one attached hydrogen (secondary N) is 2. The van der Waals surface area contributed by atoms with Crippen molar-refractivity contribution in [3.8, 4) is 5.75 Å². The molecular weight excluding hydrogens is 353 g/mol. The number of hydrogen-bond acceptors (Lipinski definition) is 4. The van der Waals surface area contributed by atoms with Crippen LogP contribution in [0.3, 0.4) is 0 Å². The molecule has 2 amide bonds. The van der Waals surface area contributed by atoms with E-state index in [2.05, 4.69) is 15.8 Å². The van der Waals surface area contributed by atoms with Crippen molar-refractivity contribution in [1.82, 2.24) is 15.8 Å². The Morgan fingerprint density at radius 1 is 1.17 bits per heavy atom. The second-order valence-electron chi connectivity index (χ2n) is 5.06. The predicted octanol–water partition coefficient (Wildman–Crippen LogP) is 2.85. The summed E-state index contributed by atoms with van der Waals surface area (Å²) >= 11 is 11.5. The summed E-state index contributed by atoms with van der Waals surface area (Å²) in [7, 11) is 0. The number of rotatable bonds is 4. The predicted molar refractivity (Wildman–Crippen MR) is 91.3 cm³/mol. The summed E-state index contributed by atoms with van der Waals surface area (Å²) in [5, 5.41) is 0.244. The lowest BCUT2D eigenvalue weighted by molar-refractivity contribution is -0.123. The first kappa shape index (κ1) is 18.0. The Labute approximate surface area is 149 Å². The lowest BCUT2D eigenvalue weighted by Crippen LogP contribution is -2.43. The molecule has 0 atom stereocenters. The summed E-state index contributed by atoms with van der Waals surface area (Å²) in [6.07, 6.45) is 1.25. The van der Waals surface area contributed by atoms with E-state index in [9.17, 15) is 9.59 Å². The van der Waals surface area contributed by atoms with Crippen molar-refractivity contribution < 1.29 is 14.3 Å². The number of aromatic nitrogens is 1. The fraction of sp³-hybridized carbons (Fsp3) is 0.188. The number of benzene rings is 1. The molecule has 2 aromatic rings. The summed E-state index contributed by atoms with van der Waals surface area (Å²) in [5.41, 5.74) is 6.61. The van der Waals surface area contributed by atoms with Gasteiger partial charge in [0, 0.05) is 6.20 Å². The highest BCUT2D eigenvalue weighted by Crippen LogP contribution is 2.20. The number of carbonyl (C=O) groups is 2. The molecular formula is C16H15Cl2N3O3. The third kappa shape index (κ3) is 4.84. The molecule has 8 heteroatoms. The molecule has 24 heavy (non-hydrogen) atoms. The molecule has 0 aliphatic rings. The lowest BCUT2D eigenvalue weighted by Gasteiger charge is -2.11. The molecule has 2 rings (SSSR count). The number of halogens is 2. The Morgan fingerprint density at radius 2 is 1.92 bits per heavy atom. The maximum atomic E-state index is 11.9. The molecule has 0 radical (unpaired) electrons. The van der Waals surface area contributed by atoms with Crippen molar-refractivity contribution in [2.75, 3.05) is 6.61 Å². The van der Waals surface area contributed by atoms with Gasteiger partial charge in [0.25, 0.3) is 11.8 Å². The maximum absolute atomic E-state index is 11.9. The van der Waals surface area contributed by atoms with Gasteiger partial charge >= 0.3 is 0 Å². The van der Waals surface area contributed by atoms with Gasteiger partial charge in [-0.1, -0.05) is 35.3 Å². The Balaban J connectivity index is 1.85. The molecule has 0 unspecified atom stereocenters. The zero-order chi connectivity index (χ0) is 17.7. The molecule has 126 valence electrons. The summed E-state index contributed by atoms with van der Waals surface area (Å²) in [4.78, 5) is 27.4. The number of aryl methyl sites for hydroxylation is 2. The van der Waals surface area contributed by atoms with Crippen LogP contribution in [-0.2, 0) is 4.79 Å². The number of ether oxygens (including phenoxy) is 1. The van der Waals surface area contributed by atoms with E-state index in [1.165, 1.54) is 12.3 Å². The zero-order valence-electron chi connectivity index (χ0n) is 13.0. The van der Waals surface area contributed by atoms with Gasteiger partial charge < -0.3 is 4.74 Å². The normalized spacial score (nSPS) is 10.2. The average molecular weight is 368 g/mol. The molecule has 1 aromatic heterocycles. The summed E-state index contributed by atoms with van der Waals surface area (Å²) in [6.45, 7) is 3.58. The van der Waals surface area contributed by atoms with Crippen molar-refractivity contribution in [3.05, 3.63) is 57.3 Å². The molecule has 0 aliphatic heterocycles. The number of nitrogens with zero attached hydrogens (tertiary/aromatic N) is 1. The van der Waals surface area contributed by atoms with Crippen LogP contribution in [0, 0.1) is 13.8 Å². The smallest absolute Gasteiger partial charge is 0.276 e. The van der Waals surface area contributed by atoms with E-state index in [1.807, 2.05) is 32.0 Å². The van der Waals surface area contributed by atoms with Crippen LogP contribution in [0.5, 0.6) is 5.75 Å². The van der Waals surface area contributed by atoms with Crippen LogP contribution in [0.2, 0.25) is 10.2 Å². The van der Waals surface area contributed by atoms with Crippen LogP contribution in [0.4, 0.5) is 0 Å². The molecule has 0 saturated carbocycles. The average Bonchev–Trinajstić information content (AvgIpc) is 2.56. The van der Waals surface area contributed by atoms with E-state index in [4.69, 9.17) is 27.9 Å². The number of pyridine rings is 1. The van der Waals surface area contributed by atoms with E-state index < -0.39 is 11.8 Å². The van der Waals surface area contributed by atoms with Crippen LogP contribution in [-0.4, -0.2) is 23.4 Å². The van der Waals surface area contributed by atoms with Gasteiger partial charge in [-0.15, -0.1) is 0 Å². The minimum absolute atomic E-state index is 0.0965. The number of hydrazine groups is 1. The van der Waals surface area contributed by atoms with E-state index in [0.29, 0.717) is 5.75 Å². The van der Waals surface area contributed by atoms with Gasteiger partial charge in [0.15, 0.2) is 6.61 Å².